The number of carbonyl (C=O) groups is 1. The molecule has 2 fully saturated rings. The maximum Gasteiger partial charge on any atom is 0.173 e. The van der Waals surface area contributed by atoms with Gasteiger partial charge >= 0.3 is 0 Å². The molecule has 3 aliphatic rings. The van der Waals surface area contributed by atoms with E-state index in [4.69, 9.17) is 9.72 Å². The summed E-state index contributed by atoms with van der Waals surface area (Å²) in [6.07, 6.45) is 4.58. The molecule has 1 atom stereocenters. The summed E-state index contributed by atoms with van der Waals surface area (Å²) < 4.78 is 5.63. The van der Waals surface area contributed by atoms with Gasteiger partial charge in [0.2, 0.25) is 0 Å². The van der Waals surface area contributed by atoms with Crippen LogP contribution in [0.4, 0.5) is 10.7 Å². The molecule has 2 aromatic heterocycles. The van der Waals surface area contributed by atoms with Gasteiger partial charge in [0.1, 0.15) is 0 Å². The molecule has 1 aromatic carbocycles. The third kappa shape index (κ3) is 4.67. The lowest BCUT2D eigenvalue weighted by Gasteiger charge is -2.30. The Bertz CT molecular complexity index is 1270. The van der Waals surface area contributed by atoms with Gasteiger partial charge in [-0.25, -0.2) is 0 Å². The van der Waals surface area contributed by atoms with Crippen molar-refractivity contribution in [2.75, 3.05) is 49.6 Å². The van der Waals surface area contributed by atoms with Crippen molar-refractivity contribution in [1.82, 2.24) is 10.3 Å². The monoisotopic (exact) mass is 502 g/mol. The number of rotatable bonds is 5. The number of nitrogens with one attached hydrogen (secondary N) is 2. The van der Waals surface area contributed by atoms with Crippen molar-refractivity contribution < 1.29 is 9.53 Å². The molecule has 6 rings (SSSR count). The maximum absolute atomic E-state index is 13.2. The Labute approximate surface area is 217 Å². The Morgan fingerprint density at radius 2 is 2.00 bits per heavy atom. The highest BCUT2D eigenvalue weighted by Crippen LogP contribution is 2.49. The fourth-order valence-electron chi connectivity index (χ4n) is 5.71. The molecule has 4 heterocycles. The van der Waals surface area contributed by atoms with Crippen molar-refractivity contribution >= 4 is 27.8 Å². The second-order valence-electron chi connectivity index (χ2n) is 11.0. The van der Waals surface area contributed by atoms with Crippen LogP contribution in [0.25, 0.3) is 22.4 Å². The Morgan fingerprint density at radius 1 is 1.14 bits per heavy atom. The average Bonchev–Trinajstić information content (AvgIpc) is 3.52. The van der Waals surface area contributed by atoms with Crippen LogP contribution < -0.4 is 15.5 Å². The fraction of sp³-hybridized carbons (Fsp3) is 0.448. The van der Waals surface area contributed by atoms with Gasteiger partial charge in [-0.2, -0.15) is 0 Å². The smallest absolute Gasteiger partial charge is 0.173 e. The van der Waals surface area contributed by atoms with Crippen LogP contribution in [0.15, 0.2) is 42.6 Å². The van der Waals surface area contributed by atoms with Crippen molar-refractivity contribution in [2.24, 2.45) is 5.41 Å². The molecule has 0 radical (unpaired) electrons. The summed E-state index contributed by atoms with van der Waals surface area (Å²) in [5, 5.41) is 8.28. The van der Waals surface area contributed by atoms with Crippen molar-refractivity contribution in [3.05, 3.63) is 53.0 Å². The molecular weight excluding hydrogens is 468 g/mol. The normalized spacial score (nSPS) is 21.4. The van der Waals surface area contributed by atoms with Crippen molar-refractivity contribution in [3.8, 4) is 22.4 Å². The Kier molecular flexibility index (Phi) is 6.32. The zero-order chi connectivity index (χ0) is 24.7. The van der Waals surface area contributed by atoms with E-state index in [0.29, 0.717) is 12.5 Å². The second kappa shape index (κ2) is 9.61. The first-order valence-electron chi connectivity index (χ1n) is 13.0. The molecule has 2 saturated heterocycles. The third-order valence-electron chi connectivity index (χ3n) is 7.47. The van der Waals surface area contributed by atoms with Crippen LogP contribution in [-0.2, 0) is 11.2 Å². The number of fused-ring (bicyclic) bond motifs is 1. The fourth-order valence-corrected chi connectivity index (χ4v) is 7.05. The number of nitrogens with zero attached hydrogens (tertiary/aromatic N) is 2. The highest BCUT2D eigenvalue weighted by atomic mass is 32.1. The molecule has 1 aliphatic carbocycles. The molecule has 188 valence electrons. The van der Waals surface area contributed by atoms with Crippen LogP contribution in [0, 0.1) is 5.41 Å². The Hall–Kier alpha value is -2.74. The number of aromatic nitrogens is 1. The summed E-state index contributed by atoms with van der Waals surface area (Å²) in [7, 11) is 0. The van der Waals surface area contributed by atoms with Gasteiger partial charge in [-0.3, -0.25) is 9.78 Å². The summed E-state index contributed by atoms with van der Waals surface area (Å²) in [4.78, 5) is 21.3. The summed E-state index contributed by atoms with van der Waals surface area (Å²) in [6, 6.07) is 13.3. The first-order valence-corrected chi connectivity index (χ1v) is 13.8. The molecule has 0 saturated carbocycles. The van der Waals surface area contributed by atoms with Crippen LogP contribution in [0.5, 0.6) is 0 Å². The molecule has 0 amide bonds. The maximum atomic E-state index is 13.2. The number of hydrogen-bond donors (Lipinski definition) is 2. The molecule has 7 heteroatoms. The number of ketones is 1. The number of morpholine rings is 1. The molecule has 36 heavy (non-hydrogen) atoms. The molecule has 2 N–H and O–H groups in total. The molecule has 0 unspecified atom stereocenters. The van der Waals surface area contributed by atoms with Crippen LogP contribution in [0.1, 0.15) is 41.9 Å². The number of carbonyl (C=O) groups excluding carboxylic acids is 1. The third-order valence-corrected chi connectivity index (χ3v) is 8.81. The van der Waals surface area contributed by atoms with Crippen LogP contribution in [0.2, 0.25) is 0 Å². The average molecular weight is 503 g/mol. The summed E-state index contributed by atoms with van der Waals surface area (Å²) in [5.41, 5.74) is 6.71. The number of thiophene rings is 1. The lowest BCUT2D eigenvalue weighted by atomic mass is 9.75. The lowest BCUT2D eigenvalue weighted by Crippen LogP contribution is -2.36. The van der Waals surface area contributed by atoms with E-state index in [-0.39, 0.29) is 11.2 Å². The number of benzene rings is 1. The molecule has 3 aromatic rings. The highest BCUT2D eigenvalue weighted by Gasteiger charge is 2.37. The zero-order valence-corrected chi connectivity index (χ0v) is 21.9. The SMILES string of the molecule is CC1(C)CC(=O)c2sc(N3CCOCC3)c(-c3ccnc(-c4cccc(N[C@H]5CCNC5)c4)c3)c2C1. The van der Waals surface area contributed by atoms with E-state index in [1.165, 1.54) is 16.1 Å². The van der Waals surface area contributed by atoms with Gasteiger partial charge in [0, 0.05) is 55.1 Å². The van der Waals surface area contributed by atoms with E-state index in [1.807, 2.05) is 6.20 Å². The zero-order valence-electron chi connectivity index (χ0n) is 21.1. The quantitative estimate of drug-likeness (QED) is 0.497. The minimum absolute atomic E-state index is 0.0346. The number of hydrogen-bond acceptors (Lipinski definition) is 7. The summed E-state index contributed by atoms with van der Waals surface area (Å²) in [5.74, 6) is 0.279. The molecule has 2 aliphatic heterocycles. The van der Waals surface area contributed by atoms with Crippen molar-refractivity contribution in [1.29, 1.82) is 0 Å². The topological polar surface area (TPSA) is 66.5 Å². The van der Waals surface area contributed by atoms with E-state index in [0.717, 1.165) is 79.6 Å². The van der Waals surface area contributed by atoms with E-state index in [2.05, 4.69) is 65.8 Å². The minimum Gasteiger partial charge on any atom is -0.381 e. The van der Waals surface area contributed by atoms with Crippen LogP contribution in [0.3, 0.4) is 0 Å². The van der Waals surface area contributed by atoms with Gasteiger partial charge in [-0.05, 0) is 60.2 Å². The summed E-state index contributed by atoms with van der Waals surface area (Å²) in [6.45, 7) is 9.63. The van der Waals surface area contributed by atoms with E-state index in [1.54, 1.807) is 11.3 Å². The number of anilines is 2. The minimum atomic E-state index is -0.0346. The van der Waals surface area contributed by atoms with Gasteiger partial charge in [-0.1, -0.05) is 26.0 Å². The van der Waals surface area contributed by atoms with Crippen LogP contribution >= 0.6 is 11.3 Å². The highest BCUT2D eigenvalue weighted by molar-refractivity contribution is 7.19. The Balaban J connectivity index is 1.41. The predicted molar refractivity (Wildman–Crippen MR) is 147 cm³/mol. The number of ether oxygens (including phenoxy) is 1. The van der Waals surface area contributed by atoms with Gasteiger partial charge in [0.15, 0.2) is 5.78 Å². The van der Waals surface area contributed by atoms with Gasteiger partial charge in [0.25, 0.3) is 0 Å². The van der Waals surface area contributed by atoms with E-state index >= 15 is 0 Å². The molecule has 0 spiro atoms. The van der Waals surface area contributed by atoms with Crippen LogP contribution in [-0.4, -0.2) is 56.2 Å². The predicted octanol–water partition coefficient (Wildman–Crippen LogP) is 5.24. The van der Waals surface area contributed by atoms with Gasteiger partial charge < -0.3 is 20.3 Å². The molecule has 0 bridgehead atoms. The first-order chi connectivity index (χ1) is 17.5. The van der Waals surface area contributed by atoms with E-state index in [9.17, 15) is 4.79 Å². The molecule has 6 nitrogen and oxygen atoms in total. The van der Waals surface area contributed by atoms with E-state index < -0.39 is 0 Å². The van der Waals surface area contributed by atoms with Gasteiger partial charge in [0.05, 0.1) is 28.8 Å². The van der Waals surface area contributed by atoms with Crippen molar-refractivity contribution in [3.63, 3.8) is 0 Å². The van der Waals surface area contributed by atoms with Crippen molar-refractivity contribution in [2.45, 2.75) is 39.2 Å². The standard InChI is InChI=1S/C29H34N4O2S/c1-29(2)16-23-26(28(33-10-12-35-13-11-33)36-27(23)25(34)17-29)20-6-9-31-24(15-20)19-4-3-5-21(14-19)32-22-7-8-30-18-22/h3-6,9,14-15,22,30,32H,7-8,10-13,16-18H2,1-2H3/t22-/m0/s1. The second-order valence-corrected chi connectivity index (χ2v) is 12.0. The van der Waals surface area contributed by atoms with Gasteiger partial charge in [-0.15, -0.1) is 11.3 Å². The largest absolute Gasteiger partial charge is 0.381 e. The lowest BCUT2D eigenvalue weighted by molar-refractivity contribution is 0.0918. The number of pyridine rings is 1. The summed E-state index contributed by atoms with van der Waals surface area (Å²) >= 11 is 1.68. The Morgan fingerprint density at radius 3 is 2.81 bits per heavy atom. The molecular formula is C29H34N4O2S. The number of Topliss-reactive ketones (excluding diaryl/α,β-unsaturated/α-hetero) is 1. The first kappa shape index (κ1) is 23.6.